The van der Waals surface area contributed by atoms with Gasteiger partial charge in [-0.05, 0) is 54.5 Å². The molecule has 1 aliphatic heterocycles. The van der Waals surface area contributed by atoms with E-state index < -0.39 is 35.2 Å². The molecule has 0 aliphatic carbocycles. The van der Waals surface area contributed by atoms with Gasteiger partial charge in [0.2, 0.25) is 5.78 Å². The molecule has 2 aromatic carbocycles. The number of Topliss-reactive ketones (excluding diaryl/α,β-unsaturated/α-hetero) is 1. The fraction of sp³-hybridized carbons (Fsp3) is 0.464. The van der Waals surface area contributed by atoms with E-state index in [0.717, 1.165) is 36.1 Å². The van der Waals surface area contributed by atoms with Crippen LogP contribution in [0.4, 0.5) is 0 Å². The van der Waals surface area contributed by atoms with Crippen LogP contribution in [0.15, 0.2) is 48.5 Å². The van der Waals surface area contributed by atoms with Crippen molar-refractivity contribution < 1.29 is 24.2 Å². The molecule has 6 heteroatoms. The number of aliphatic carboxylic acids is 1. The SMILES string of the molecule is CCC(C)(C)C(=O)C(=O)N1C(CCCCc2ccc(OC)cc2)c2ccccc2C[C@H]1C(=O)O. The Morgan fingerprint density at radius 2 is 1.74 bits per heavy atom. The topological polar surface area (TPSA) is 83.9 Å². The molecular formula is C28H35NO5. The molecule has 3 rings (SSSR count). The summed E-state index contributed by atoms with van der Waals surface area (Å²) in [5.41, 5.74) is 2.23. The molecule has 0 fully saturated rings. The molecule has 0 radical (unpaired) electrons. The summed E-state index contributed by atoms with van der Waals surface area (Å²) in [6.07, 6.45) is 3.87. The van der Waals surface area contributed by atoms with E-state index in [-0.39, 0.29) is 6.42 Å². The first kappa shape index (κ1) is 25.5. The Hall–Kier alpha value is -3.15. The summed E-state index contributed by atoms with van der Waals surface area (Å²) in [6.45, 7) is 5.34. The molecule has 1 heterocycles. The third-order valence-electron chi connectivity index (χ3n) is 7.06. The number of nitrogens with zero attached hydrogens (tertiary/aromatic N) is 1. The summed E-state index contributed by atoms with van der Waals surface area (Å²) in [5.74, 6) is -1.47. The van der Waals surface area contributed by atoms with Gasteiger partial charge in [-0.2, -0.15) is 0 Å². The maximum atomic E-state index is 13.5. The van der Waals surface area contributed by atoms with Gasteiger partial charge in [0.15, 0.2) is 0 Å². The Morgan fingerprint density at radius 3 is 2.35 bits per heavy atom. The number of carboxylic acids is 1. The lowest BCUT2D eigenvalue weighted by molar-refractivity contribution is -0.159. The number of fused-ring (bicyclic) bond motifs is 1. The molecule has 1 N–H and O–H groups in total. The van der Waals surface area contributed by atoms with Crippen LogP contribution in [-0.4, -0.2) is 40.8 Å². The number of hydrogen-bond donors (Lipinski definition) is 1. The van der Waals surface area contributed by atoms with Gasteiger partial charge < -0.3 is 14.7 Å². The second kappa shape index (κ2) is 10.9. The van der Waals surface area contributed by atoms with Crippen molar-refractivity contribution in [1.29, 1.82) is 0 Å². The van der Waals surface area contributed by atoms with E-state index in [1.165, 1.54) is 10.5 Å². The fourth-order valence-electron chi connectivity index (χ4n) is 4.53. The van der Waals surface area contributed by atoms with Crippen molar-refractivity contribution >= 4 is 17.7 Å². The predicted octanol–water partition coefficient (Wildman–Crippen LogP) is 4.99. The van der Waals surface area contributed by atoms with Gasteiger partial charge in [-0.25, -0.2) is 4.79 Å². The first-order valence-corrected chi connectivity index (χ1v) is 12.0. The highest BCUT2D eigenvalue weighted by Gasteiger charge is 2.45. The second-order valence-corrected chi connectivity index (χ2v) is 9.65. The number of ether oxygens (including phenoxy) is 1. The number of methoxy groups -OCH3 is 1. The summed E-state index contributed by atoms with van der Waals surface area (Å²) in [4.78, 5) is 40.1. The van der Waals surface area contributed by atoms with Crippen LogP contribution in [0.3, 0.4) is 0 Å². The van der Waals surface area contributed by atoms with Gasteiger partial charge in [0, 0.05) is 11.8 Å². The number of ketones is 1. The summed E-state index contributed by atoms with van der Waals surface area (Å²) in [5, 5.41) is 9.99. The Morgan fingerprint density at radius 1 is 1.06 bits per heavy atom. The van der Waals surface area contributed by atoms with E-state index in [4.69, 9.17) is 4.74 Å². The number of carboxylic acid groups (broad SMARTS) is 1. The number of carbonyl (C=O) groups excluding carboxylic acids is 2. The van der Waals surface area contributed by atoms with E-state index >= 15 is 0 Å². The number of hydrogen-bond acceptors (Lipinski definition) is 4. The largest absolute Gasteiger partial charge is 0.497 e. The van der Waals surface area contributed by atoms with Crippen LogP contribution in [0.2, 0.25) is 0 Å². The standard InChI is InChI=1S/C28H35NO5/c1-5-28(2,3)25(30)26(31)29-23(13-9-6-10-19-14-16-21(34-4)17-15-19)22-12-8-7-11-20(22)18-24(29)27(32)33/h7-8,11-12,14-17,23-24H,5-6,9-10,13,18H2,1-4H3,(H,32,33)/t23?,24-/m0/s1. The predicted molar refractivity (Wildman–Crippen MR) is 131 cm³/mol. The molecule has 1 aliphatic rings. The van der Waals surface area contributed by atoms with Crippen LogP contribution < -0.4 is 4.74 Å². The lowest BCUT2D eigenvalue weighted by Gasteiger charge is -2.42. The first-order chi connectivity index (χ1) is 16.2. The van der Waals surface area contributed by atoms with Gasteiger partial charge >= 0.3 is 5.97 Å². The monoisotopic (exact) mass is 465 g/mol. The molecule has 2 atom stereocenters. The van der Waals surface area contributed by atoms with E-state index in [0.29, 0.717) is 12.8 Å². The van der Waals surface area contributed by atoms with Gasteiger partial charge in [-0.1, -0.05) is 63.6 Å². The maximum Gasteiger partial charge on any atom is 0.326 e. The molecule has 1 amide bonds. The smallest absolute Gasteiger partial charge is 0.326 e. The second-order valence-electron chi connectivity index (χ2n) is 9.65. The third-order valence-corrected chi connectivity index (χ3v) is 7.06. The first-order valence-electron chi connectivity index (χ1n) is 12.0. The van der Waals surface area contributed by atoms with Crippen LogP contribution in [0.1, 0.15) is 69.2 Å². The number of aryl methyl sites for hydroxylation is 1. The molecule has 0 saturated carbocycles. The quantitative estimate of drug-likeness (QED) is 0.395. The van der Waals surface area contributed by atoms with Gasteiger partial charge in [0.25, 0.3) is 5.91 Å². The average molecular weight is 466 g/mol. The highest BCUT2D eigenvalue weighted by molar-refractivity contribution is 6.38. The van der Waals surface area contributed by atoms with Gasteiger partial charge in [0.1, 0.15) is 11.8 Å². The molecule has 0 spiro atoms. The zero-order valence-corrected chi connectivity index (χ0v) is 20.5. The Labute approximate surface area is 201 Å². The Bertz CT molecular complexity index is 1030. The van der Waals surface area contributed by atoms with Crippen LogP contribution in [0.25, 0.3) is 0 Å². The van der Waals surface area contributed by atoms with Gasteiger partial charge in [0.05, 0.1) is 13.2 Å². The molecule has 6 nitrogen and oxygen atoms in total. The summed E-state index contributed by atoms with van der Waals surface area (Å²) in [7, 11) is 1.64. The maximum absolute atomic E-state index is 13.5. The number of amides is 1. The van der Waals surface area contributed by atoms with Crippen LogP contribution >= 0.6 is 0 Å². The number of benzene rings is 2. The number of rotatable bonds is 10. The van der Waals surface area contributed by atoms with Crippen LogP contribution in [0, 0.1) is 5.41 Å². The minimum atomic E-state index is -1.08. The highest BCUT2D eigenvalue weighted by Crippen LogP contribution is 2.38. The fourth-order valence-corrected chi connectivity index (χ4v) is 4.53. The van der Waals surface area contributed by atoms with Crippen LogP contribution in [0.5, 0.6) is 5.75 Å². The van der Waals surface area contributed by atoms with E-state index in [9.17, 15) is 19.5 Å². The molecule has 34 heavy (non-hydrogen) atoms. The highest BCUT2D eigenvalue weighted by atomic mass is 16.5. The molecular weight excluding hydrogens is 430 g/mol. The van der Waals surface area contributed by atoms with Gasteiger partial charge in [-0.15, -0.1) is 0 Å². The number of carbonyl (C=O) groups is 3. The van der Waals surface area contributed by atoms with Gasteiger partial charge in [-0.3, -0.25) is 9.59 Å². The molecule has 1 unspecified atom stereocenters. The summed E-state index contributed by atoms with van der Waals surface area (Å²) >= 11 is 0. The minimum absolute atomic E-state index is 0.208. The zero-order valence-electron chi connectivity index (χ0n) is 20.5. The number of unbranched alkanes of at least 4 members (excludes halogenated alkanes) is 1. The van der Waals surface area contributed by atoms with Crippen molar-refractivity contribution in [2.24, 2.45) is 5.41 Å². The Balaban J connectivity index is 1.83. The molecule has 0 saturated heterocycles. The van der Waals surface area contributed by atoms with Crippen molar-refractivity contribution in [1.82, 2.24) is 4.90 Å². The summed E-state index contributed by atoms with van der Waals surface area (Å²) < 4.78 is 5.21. The summed E-state index contributed by atoms with van der Waals surface area (Å²) in [6, 6.07) is 14.1. The molecule has 0 bridgehead atoms. The lowest BCUT2D eigenvalue weighted by Crippen LogP contribution is -2.55. The third kappa shape index (κ3) is 5.49. The lowest BCUT2D eigenvalue weighted by atomic mass is 9.81. The van der Waals surface area contributed by atoms with Crippen molar-refractivity contribution in [3.8, 4) is 5.75 Å². The van der Waals surface area contributed by atoms with E-state index in [1.807, 2.05) is 55.5 Å². The molecule has 182 valence electrons. The van der Waals surface area contributed by atoms with E-state index in [1.54, 1.807) is 21.0 Å². The normalized spacial score (nSPS) is 17.7. The Kier molecular flexibility index (Phi) is 8.13. The van der Waals surface area contributed by atoms with Crippen molar-refractivity contribution in [2.75, 3.05) is 7.11 Å². The zero-order chi connectivity index (χ0) is 24.9. The van der Waals surface area contributed by atoms with Crippen molar-refractivity contribution in [2.45, 2.75) is 71.4 Å². The molecule has 0 aromatic heterocycles. The van der Waals surface area contributed by atoms with Crippen molar-refractivity contribution in [3.63, 3.8) is 0 Å². The minimum Gasteiger partial charge on any atom is -0.497 e. The van der Waals surface area contributed by atoms with E-state index in [2.05, 4.69) is 0 Å². The average Bonchev–Trinajstić information content (AvgIpc) is 2.85. The van der Waals surface area contributed by atoms with Crippen LogP contribution in [-0.2, 0) is 27.2 Å². The molecule has 2 aromatic rings. The van der Waals surface area contributed by atoms with Crippen molar-refractivity contribution in [3.05, 3.63) is 65.2 Å².